The van der Waals surface area contributed by atoms with Crippen molar-refractivity contribution in [1.82, 2.24) is 0 Å². The fourth-order valence-electron chi connectivity index (χ4n) is 1.58. The monoisotopic (exact) mass is 259 g/mol. The van der Waals surface area contributed by atoms with Crippen molar-refractivity contribution in [3.63, 3.8) is 0 Å². The van der Waals surface area contributed by atoms with E-state index in [1.165, 1.54) is 0 Å². The van der Waals surface area contributed by atoms with Crippen molar-refractivity contribution >= 4 is 11.6 Å². The van der Waals surface area contributed by atoms with Crippen LogP contribution in [0.3, 0.4) is 0 Å². The van der Waals surface area contributed by atoms with Gasteiger partial charge in [-0.25, -0.2) is 0 Å². The first-order valence-corrected chi connectivity index (χ1v) is 6.40. The highest BCUT2D eigenvalue weighted by molar-refractivity contribution is 5.91. The van der Waals surface area contributed by atoms with Crippen LogP contribution in [0.4, 0.5) is 5.69 Å². The molecule has 1 aromatic carbocycles. The molecule has 0 unspecified atom stereocenters. The summed E-state index contributed by atoms with van der Waals surface area (Å²) in [6.45, 7) is 6.16. The van der Waals surface area contributed by atoms with E-state index in [4.69, 9.17) is 5.11 Å². The zero-order chi connectivity index (χ0) is 14.3. The Morgan fingerprint density at radius 3 is 2.74 bits per heavy atom. The molecule has 3 nitrogen and oxygen atoms in total. The Bertz CT molecular complexity index is 489. The van der Waals surface area contributed by atoms with Crippen molar-refractivity contribution in [2.24, 2.45) is 5.41 Å². The molecule has 102 valence electrons. The van der Waals surface area contributed by atoms with E-state index in [0.717, 1.165) is 11.3 Å². The fourth-order valence-corrected chi connectivity index (χ4v) is 1.58. The van der Waals surface area contributed by atoms with Gasteiger partial charge in [-0.2, -0.15) is 0 Å². The van der Waals surface area contributed by atoms with Crippen LogP contribution in [0.25, 0.3) is 0 Å². The third-order valence-electron chi connectivity index (χ3n) is 2.31. The number of carbonyl (C=O) groups is 1. The second-order valence-corrected chi connectivity index (χ2v) is 5.64. The number of aliphatic hydroxyl groups excluding tert-OH is 1. The molecule has 0 radical (unpaired) electrons. The van der Waals surface area contributed by atoms with Gasteiger partial charge in [0.1, 0.15) is 0 Å². The minimum absolute atomic E-state index is 0.00738. The standard InChI is InChI=1S/C16H21NO2/c1-16(2,3)12-15(19)17-14-9-6-8-13(11-14)7-4-5-10-18/h6,8-9,11,18H,5,10,12H2,1-3H3,(H,17,19). The largest absolute Gasteiger partial charge is 0.395 e. The van der Waals surface area contributed by atoms with E-state index in [1.54, 1.807) is 0 Å². The lowest BCUT2D eigenvalue weighted by Crippen LogP contribution is -2.19. The normalized spacial score (nSPS) is 10.5. The van der Waals surface area contributed by atoms with Crippen molar-refractivity contribution in [2.45, 2.75) is 33.6 Å². The molecule has 0 bridgehead atoms. The van der Waals surface area contributed by atoms with Crippen LogP contribution in [0.5, 0.6) is 0 Å². The Morgan fingerprint density at radius 2 is 2.11 bits per heavy atom. The second kappa shape index (κ2) is 6.96. The van der Waals surface area contributed by atoms with Crippen LogP contribution in [-0.2, 0) is 4.79 Å². The van der Waals surface area contributed by atoms with Gasteiger partial charge in [0, 0.05) is 24.1 Å². The van der Waals surface area contributed by atoms with Crippen molar-refractivity contribution in [1.29, 1.82) is 0 Å². The molecule has 3 heteroatoms. The van der Waals surface area contributed by atoms with Crippen molar-refractivity contribution in [3.05, 3.63) is 29.8 Å². The maximum absolute atomic E-state index is 11.8. The van der Waals surface area contributed by atoms with E-state index < -0.39 is 0 Å². The number of hydrogen-bond donors (Lipinski definition) is 2. The highest BCUT2D eigenvalue weighted by Crippen LogP contribution is 2.19. The Kier molecular flexibility index (Phi) is 5.59. The van der Waals surface area contributed by atoms with Crippen LogP contribution in [0.1, 0.15) is 39.2 Å². The highest BCUT2D eigenvalue weighted by Gasteiger charge is 2.15. The van der Waals surface area contributed by atoms with Gasteiger partial charge in [-0.3, -0.25) is 4.79 Å². The lowest BCUT2D eigenvalue weighted by atomic mass is 9.92. The Morgan fingerprint density at radius 1 is 1.37 bits per heavy atom. The summed E-state index contributed by atoms with van der Waals surface area (Å²) in [5.41, 5.74) is 1.56. The molecule has 0 heterocycles. The molecule has 1 aromatic rings. The van der Waals surface area contributed by atoms with E-state index in [-0.39, 0.29) is 17.9 Å². The molecule has 0 fully saturated rings. The first-order chi connectivity index (χ1) is 8.90. The number of benzene rings is 1. The number of aliphatic hydroxyl groups is 1. The molecular weight excluding hydrogens is 238 g/mol. The summed E-state index contributed by atoms with van der Waals surface area (Å²) < 4.78 is 0. The summed E-state index contributed by atoms with van der Waals surface area (Å²) in [6, 6.07) is 7.42. The molecule has 0 aliphatic rings. The van der Waals surface area contributed by atoms with Gasteiger partial charge >= 0.3 is 0 Å². The van der Waals surface area contributed by atoms with Crippen LogP contribution in [0.15, 0.2) is 24.3 Å². The fraction of sp³-hybridized carbons (Fsp3) is 0.438. The Labute approximate surface area is 115 Å². The van der Waals surface area contributed by atoms with Crippen LogP contribution in [0.2, 0.25) is 0 Å². The van der Waals surface area contributed by atoms with Crippen LogP contribution >= 0.6 is 0 Å². The molecule has 1 rings (SSSR count). The van der Waals surface area contributed by atoms with Crippen molar-refractivity contribution in [3.8, 4) is 11.8 Å². The van der Waals surface area contributed by atoms with Gasteiger partial charge in [0.05, 0.1) is 6.61 Å². The van der Waals surface area contributed by atoms with Gasteiger partial charge in [-0.05, 0) is 23.6 Å². The Balaban J connectivity index is 2.68. The molecule has 0 saturated heterocycles. The molecule has 0 aliphatic heterocycles. The number of amides is 1. The number of nitrogens with one attached hydrogen (secondary N) is 1. The molecule has 0 spiro atoms. The summed E-state index contributed by atoms with van der Waals surface area (Å²) >= 11 is 0. The summed E-state index contributed by atoms with van der Waals surface area (Å²) in [4.78, 5) is 11.8. The quantitative estimate of drug-likeness (QED) is 0.820. The van der Waals surface area contributed by atoms with Gasteiger partial charge in [-0.1, -0.05) is 38.7 Å². The molecule has 0 atom stereocenters. The van der Waals surface area contributed by atoms with Gasteiger partial charge in [0.2, 0.25) is 5.91 Å². The predicted octanol–water partition coefficient (Wildman–Crippen LogP) is 2.80. The molecule has 0 aliphatic carbocycles. The molecule has 1 amide bonds. The predicted molar refractivity (Wildman–Crippen MR) is 77.7 cm³/mol. The number of rotatable bonds is 3. The first kappa shape index (κ1) is 15.3. The van der Waals surface area contributed by atoms with Crippen LogP contribution in [0, 0.1) is 17.3 Å². The topological polar surface area (TPSA) is 49.3 Å². The van der Waals surface area contributed by atoms with Gasteiger partial charge in [0.15, 0.2) is 0 Å². The summed E-state index contributed by atoms with van der Waals surface area (Å²) in [5.74, 6) is 5.81. The third-order valence-corrected chi connectivity index (χ3v) is 2.31. The second-order valence-electron chi connectivity index (χ2n) is 5.64. The van der Waals surface area contributed by atoms with E-state index in [1.807, 2.05) is 45.0 Å². The first-order valence-electron chi connectivity index (χ1n) is 6.40. The zero-order valence-electron chi connectivity index (χ0n) is 11.8. The maximum atomic E-state index is 11.8. The smallest absolute Gasteiger partial charge is 0.224 e. The summed E-state index contributed by atoms with van der Waals surface area (Å²) in [5, 5.41) is 11.5. The average Bonchev–Trinajstić information content (AvgIpc) is 2.27. The average molecular weight is 259 g/mol. The third kappa shape index (κ3) is 6.64. The minimum Gasteiger partial charge on any atom is -0.395 e. The summed E-state index contributed by atoms with van der Waals surface area (Å²) in [7, 11) is 0. The van der Waals surface area contributed by atoms with Gasteiger partial charge in [-0.15, -0.1) is 0 Å². The van der Waals surface area contributed by atoms with Crippen LogP contribution < -0.4 is 5.32 Å². The van der Waals surface area contributed by atoms with E-state index in [9.17, 15) is 4.79 Å². The minimum atomic E-state index is -0.0252. The number of hydrogen-bond acceptors (Lipinski definition) is 2. The lowest BCUT2D eigenvalue weighted by molar-refractivity contribution is -0.117. The van der Waals surface area contributed by atoms with Crippen LogP contribution in [-0.4, -0.2) is 17.6 Å². The number of carbonyl (C=O) groups excluding carboxylic acids is 1. The van der Waals surface area contributed by atoms with Crippen molar-refractivity contribution in [2.75, 3.05) is 11.9 Å². The van der Waals surface area contributed by atoms with E-state index >= 15 is 0 Å². The molecule has 0 saturated carbocycles. The van der Waals surface area contributed by atoms with Gasteiger partial charge < -0.3 is 10.4 Å². The lowest BCUT2D eigenvalue weighted by Gasteiger charge is -2.17. The summed E-state index contributed by atoms with van der Waals surface area (Å²) in [6.07, 6.45) is 0.939. The number of anilines is 1. The Hall–Kier alpha value is -1.79. The molecule has 2 N–H and O–H groups in total. The SMILES string of the molecule is CC(C)(C)CC(=O)Nc1cccc(C#CCCO)c1. The molecule has 19 heavy (non-hydrogen) atoms. The van der Waals surface area contributed by atoms with Gasteiger partial charge in [0.25, 0.3) is 0 Å². The molecule has 0 aromatic heterocycles. The van der Waals surface area contributed by atoms with E-state index in [2.05, 4.69) is 17.2 Å². The zero-order valence-corrected chi connectivity index (χ0v) is 11.8. The highest BCUT2D eigenvalue weighted by atomic mass is 16.2. The van der Waals surface area contributed by atoms with E-state index in [0.29, 0.717) is 12.8 Å². The maximum Gasteiger partial charge on any atom is 0.224 e. The van der Waals surface area contributed by atoms with Crippen molar-refractivity contribution < 1.29 is 9.90 Å². The molecular formula is C16H21NO2.